The Hall–Kier alpha value is -3.01. The number of benzene rings is 2. The third-order valence-electron chi connectivity index (χ3n) is 3.90. The second-order valence-corrected chi connectivity index (χ2v) is 6.75. The van der Waals surface area contributed by atoms with Gasteiger partial charge in [0.2, 0.25) is 5.91 Å². The van der Waals surface area contributed by atoms with Gasteiger partial charge in [0.15, 0.2) is 11.5 Å². The summed E-state index contributed by atoms with van der Waals surface area (Å²) < 4.78 is 27.4. The second-order valence-electron chi connectivity index (χ2n) is 5.90. The van der Waals surface area contributed by atoms with E-state index in [9.17, 15) is 9.18 Å². The lowest BCUT2D eigenvalue weighted by Gasteiger charge is -2.14. The Morgan fingerprint density at radius 3 is 2.55 bits per heavy atom. The zero-order valence-electron chi connectivity index (χ0n) is 15.9. The third-order valence-corrected chi connectivity index (χ3v) is 4.64. The van der Waals surface area contributed by atoms with Crippen LogP contribution in [0.5, 0.6) is 11.5 Å². The molecule has 0 saturated heterocycles. The largest absolute Gasteiger partial charge is 0.490 e. The van der Waals surface area contributed by atoms with E-state index in [0.717, 1.165) is 0 Å². The van der Waals surface area contributed by atoms with Gasteiger partial charge >= 0.3 is 0 Å². The van der Waals surface area contributed by atoms with Crippen LogP contribution in [-0.2, 0) is 11.2 Å². The van der Waals surface area contributed by atoms with Crippen molar-refractivity contribution in [3.05, 3.63) is 52.5 Å². The molecule has 29 heavy (non-hydrogen) atoms. The minimum absolute atomic E-state index is 0.0155. The van der Waals surface area contributed by atoms with E-state index in [4.69, 9.17) is 9.47 Å². The second kappa shape index (κ2) is 9.46. The number of halogens is 2. The summed E-state index contributed by atoms with van der Waals surface area (Å²) in [6.45, 7) is 4.69. The van der Waals surface area contributed by atoms with E-state index in [0.29, 0.717) is 40.4 Å². The van der Waals surface area contributed by atoms with Crippen LogP contribution in [0.2, 0.25) is 0 Å². The van der Waals surface area contributed by atoms with Crippen LogP contribution < -0.4 is 14.8 Å². The highest BCUT2D eigenvalue weighted by Crippen LogP contribution is 2.34. The van der Waals surface area contributed by atoms with Crippen LogP contribution in [0.3, 0.4) is 0 Å². The molecule has 0 saturated carbocycles. The van der Waals surface area contributed by atoms with Crippen molar-refractivity contribution in [2.45, 2.75) is 20.3 Å². The van der Waals surface area contributed by atoms with Crippen molar-refractivity contribution in [1.82, 2.24) is 20.2 Å². The fourth-order valence-electron chi connectivity index (χ4n) is 2.65. The number of aromatic nitrogens is 4. The van der Waals surface area contributed by atoms with Gasteiger partial charge in [0.25, 0.3) is 0 Å². The first kappa shape index (κ1) is 20.7. The molecule has 1 aromatic heterocycles. The normalized spacial score (nSPS) is 10.6. The molecule has 1 heterocycles. The highest BCUT2D eigenvalue weighted by molar-refractivity contribution is 9.10. The van der Waals surface area contributed by atoms with Gasteiger partial charge in [0.1, 0.15) is 12.1 Å². The summed E-state index contributed by atoms with van der Waals surface area (Å²) in [6, 6.07) is 7.72. The molecule has 3 rings (SSSR count). The Bertz CT molecular complexity index is 998. The SMILES string of the molecule is CCOc1cc(Br)c(CC(=O)Nc2cc(-n3cnnn3)ccc2F)cc1OCC. The van der Waals surface area contributed by atoms with Crippen LogP contribution in [-0.4, -0.2) is 39.3 Å². The number of hydrogen-bond acceptors (Lipinski definition) is 6. The molecule has 0 spiro atoms. The Morgan fingerprint density at radius 2 is 1.90 bits per heavy atom. The Kier molecular flexibility index (Phi) is 6.76. The van der Waals surface area contributed by atoms with Crippen LogP contribution >= 0.6 is 15.9 Å². The number of carbonyl (C=O) groups is 1. The number of tetrazole rings is 1. The molecule has 0 radical (unpaired) electrons. The topological polar surface area (TPSA) is 91.2 Å². The summed E-state index contributed by atoms with van der Waals surface area (Å²) in [5.41, 5.74) is 1.24. The van der Waals surface area contributed by atoms with Crippen LogP contribution in [0.4, 0.5) is 10.1 Å². The summed E-state index contributed by atoms with van der Waals surface area (Å²) >= 11 is 3.45. The first-order valence-electron chi connectivity index (χ1n) is 8.92. The minimum Gasteiger partial charge on any atom is -0.490 e. The van der Waals surface area contributed by atoms with Gasteiger partial charge < -0.3 is 14.8 Å². The molecule has 0 aliphatic carbocycles. The number of amides is 1. The lowest BCUT2D eigenvalue weighted by molar-refractivity contribution is -0.115. The molecule has 0 aliphatic heterocycles. The molecule has 0 atom stereocenters. The molecule has 152 valence electrons. The first-order valence-corrected chi connectivity index (χ1v) is 9.71. The monoisotopic (exact) mass is 463 g/mol. The van der Waals surface area contributed by atoms with Crippen molar-refractivity contribution in [2.24, 2.45) is 0 Å². The summed E-state index contributed by atoms with van der Waals surface area (Å²) in [5, 5.41) is 13.4. The number of ether oxygens (including phenoxy) is 2. The Labute approximate surface area is 175 Å². The van der Waals surface area contributed by atoms with Crippen molar-refractivity contribution in [3.8, 4) is 17.2 Å². The van der Waals surface area contributed by atoms with Crippen molar-refractivity contribution in [3.63, 3.8) is 0 Å². The van der Waals surface area contributed by atoms with E-state index in [1.165, 1.54) is 29.2 Å². The first-order chi connectivity index (χ1) is 14.0. The average molecular weight is 464 g/mol. The minimum atomic E-state index is -0.559. The van der Waals surface area contributed by atoms with Gasteiger partial charge in [-0.05, 0) is 60.2 Å². The zero-order chi connectivity index (χ0) is 20.8. The molecular formula is C19H19BrFN5O3. The lowest BCUT2D eigenvalue weighted by atomic mass is 10.1. The number of carbonyl (C=O) groups excluding carboxylic acids is 1. The van der Waals surface area contributed by atoms with E-state index < -0.39 is 5.82 Å². The fourth-order valence-corrected chi connectivity index (χ4v) is 3.11. The van der Waals surface area contributed by atoms with Gasteiger partial charge in [0, 0.05) is 4.47 Å². The van der Waals surface area contributed by atoms with Gasteiger partial charge in [0.05, 0.1) is 31.0 Å². The fraction of sp³-hybridized carbons (Fsp3) is 0.263. The van der Waals surface area contributed by atoms with Crippen LogP contribution in [0, 0.1) is 5.82 Å². The van der Waals surface area contributed by atoms with Crippen molar-refractivity contribution in [2.75, 3.05) is 18.5 Å². The summed E-state index contributed by atoms with van der Waals surface area (Å²) in [5.74, 6) is 0.193. The molecule has 1 amide bonds. The Balaban J connectivity index is 1.79. The highest BCUT2D eigenvalue weighted by atomic mass is 79.9. The highest BCUT2D eigenvalue weighted by Gasteiger charge is 2.15. The third kappa shape index (κ3) is 5.08. The maximum absolute atomic E-state index is 14.2. The number of hydrogen-bond donors (Lipinski definition) is 1. The van der Waals surface area contributed by atoms with E-state index >= 15 is 0 Å². The summed E-state index contributed by atoms with van der Waals surface area (Å²) in [4.78, 5) is 12.5. The van der Waals surface area contributed by atoms with Crippen LogP contribution in [0.25, 0.3) is 5.69 Å². The summed E-state index contributed by atoms with van der Waals surface area (Å²) in [6.07, 6.45) is 1.40. The number of rotatable bonds is 8. The molecule has 10 heteroatoms. The molecule has 0 fully saturated rings. The molecule has 0 aliphatic rings. The Morgan fingerprint density at radius 1 is 1.17 bits per heavy atom. The van der Waals surface area contributed by atoms with Gasteiger partial charge in [-0.3, -0.25) is 4.79 Å². The van der Waals surface area contributed by atoms with E-state index in [1.54, 1.807) is 12.1 Å². The molecule has 2 aromatic carbocycles. The van der Waals surface area contributed by atoms with Crippen molar-refractivity contribution in [1.29, 1.82) is 0 Å². The number of nitrogens with zero attached hydrogens (tertiary/aromatic N) is 4. The smallest absolute Gasteiger partial charge is 0.228 e. The van der Waals surface area contributed by atoms with E-state index in [1.807, 2.05) is 13.8 Å². The van der Waals surface area contributed by atoms with Crippen LogP contribution in [0.15, 0.2) is 41.1 Å². The molecule has 0 bridgehead atoms. The predicted molar refractivity (Wildman–Crippen MR) is 108 cm³/mol. The lowest BCUT2D eigenvalue weighted by Crippen LogP contribution is -2.16. The van der Waals surface area contributed by atoms with E-state index in [-0.39, 0.29) is 18.0 Å². The summed E-state index contributed by atoms with van der Waals surface area (Å²) in [7, 11) is 0. The quantitative estimate of drug-likeness (QED) is 0.549. The van der Waals surface area contributed by atoms with Gasteiger partial charge in [-0.1, -0.05) is 15.9 Å². The number of nitrogens with one attached hydrogen (secondary N) is 1. The maximum atomic E-state index is 14.2. The zero-order valence-corrected chi connectivity index (χ0v) is 17.4. The maximum Gasteiger partial charge on any atom is 0.228 e. The van der Waals surface area contributed by atoms with Crippen molar-refractivity contribution >= 4 is 27.5 Å². The van der Waals surface area contributed by atoms with Gasteiger partial charge in [-0.15, -0.1) is 5.10 Å². The molecule has 1 N–H and O–H groups in total. The standard InChI is InChI=1S/C19H19BrFN5O3/c1-3-28-17-7-12(14(20)10-18(17)29-4-2)8-19(27)23-16-9-13(5-6-15(16)21)26-11-22-24-25-26/h5-7,9-11H,3-4,8H2,1-2H3,(H,23,27). The van der Waals surface area contributed by atoms with Gasteiger partial charge in [-0.2, -0.15) is 0 Å². The molecule has 0 unspecified atom stereocenters. The van der Waals surface area contributed by atoms with Crippen LogP contribution in [0.1, 0.15) is 19.4 Å². The molecule has 3 aromatic rings. The average Bonchev–Trinajstić information content (AvgIpc) is 3.22. The van der Waals surface area contributed by atoms with Crippen molar-refractivity contribution < 1.29 is 18.7 Å². The van der Waals surface area contributed by atoms with E-state index in [2.05, 4.69) is 36.8 Å². The molecular weight excluding hydrogens is 445 g/mol. The number of anilines is 1. The molecule has 8 nitrogen and oxygen atoms in total. The predicted octanol–water partition coefficient (Wildman–Crippen LogP) is 3.54. The van der Waals surface area contributed by atoms with Gasteiger partial charge in [-0.25, -0.2) is 9.07 Å².